The van der Waals surface area contributed by atoms with Crippen LogP contribution in [0.3, 0.4) is 0 Å². The van der Waals surface area contributed by atoms with Crippen molar-refractivity contribution in [3.63, 3.8) is 0 Å². The molecule has 0 aliphatic carbocycles. The van der Waals surface area contributed by atoms with E-state index in [2.05, 4.69) is 15.5 Å². The lowest BCUT2D eigenvalue weighted by Gasteiger charge is -2.15. The van der Waals surface area contributed by atoms with Crippen LogP contribution in [-0.4, -0.2) is 52.0 Å². The zero-order valence-electron chi connectivity index (χ0n) is 14.5. The van der Waals surface area contributed by atoms with Gasteiger partial charge in [-0.1, -0.05) is 36.0 Å². The predicted molar refractivity (Wildman–Crippen MR) is 101 cm³/mol. The number of carbonyl (C=O) groups excluding carboxylic acids is 1. The number of sulfone groups is 1. The topological polar surface area (TPSA) is 120 Å². The molecule has 0 saturated carbocycles. The average Bonchev–Trinajstić information content (AvgIpc) is 3.10. The fourth-order valence-corrected chi connectivity index (χ4v) is 5.26. The van der Waals surface area contributed by atoms with Crippen LogP contribution in [0, 0.1) is 6.92 Å². The molecule has 1 aliphatic heterocycles. The zero-order chi connectivity index (χ0) is 18.9. The Balaban J connectivity index is 1.67. The third-order valence-electron chi connectivity index (χ3n) is 4.28. The summed E-state index contributed by atoms with van der Waals surface area (Å²) in [6, 6.07) is 7.38. The molecule has 0 radical (unpaired) electrons. The molecule has 3 rings (SSSR count). The van der Waals surface area contributed by atoms with Crippen molar-refractivity contribution in [1.82, 2.24) is 20.2 Å². The SMILES string of the molecule is Cc1ccccc1-c1nnc(S[C@H](C)C(=O)N[C@@H]2CCS(=O)(=O)C2)n1N. The van der Waals surface area contributed by atoms with Gasteiger partial charge in [-0.3, -0.25) is 4.79 Å². The van der Waals surface area contributed by atoms with Gasteiger partial charge in [0.25, 0.3) is 0 Å². The van der Waals surface area contributed by atoms with E-state index in [0.717, 1.165) is 11.1 Å². The van der Waals surface area contributed by atoms with Gasteiger partial charge in [-0.2, -0.15) is 0 Å². The van der Waals surface area contributed by atoms with Crippen molar-refractivity contribution in [2.75, 3.05) is 17.3 Å². The maximum Gasteiger partial charge on any atom is 0.233 e. The Hall–Kier alpha value is -2.07. The molecular weight excluding hydrogens is 374 g/mol. The Morgan fingerprint density at radius 2 is 2.12 bits per heavy atom. The number of amides is 1. The number of nitrogens with two attached hydrogens (primary N) is 1. The molecule has 1 amide bonds. The monoisotopic (exact) mass is 395 g/mol. The van der Waals surface area contributed by atoms with Gasteiger partial charge in [-0.15, -0.1) is 10.2 Å². The van der Waals surface area contributed by atoms with E-state index in [0.29, 0.717) is 17.4 Å². The van der Waals surface area contributed by atoms with Crippen molar-refractivity contribution in [3.05, 3.63) is 29.8 Å². The quantitative estimate of drug-likeness (QED) is 0.566. The number of thioether (sulfide) groups is 1. The van der Waals surface area contributed by atoms with Crippen LogP contribution in [-0.2, 0) is 14.6 Å². The molecule has 26 heavy (non-hydrogen) atoms. The minimum atomic E-state index is -3.03. The van der Waals surface area contributed by atoms with E-state index in [-0.39, 0.29) is 23.5 Å². The van der Waals surface area contributed by atoms with Crippen LogP contribution in [0.15, 0.2) is 29.4 Å². The van der Waals surface area contributed by atoms with E-state index in [9.17, 15) is 13.2 Å². The maximum absolute atomic E-state index is 12.3. The summed E-state index contributed by atoms with van der Waals surface area (Å²) in [5.41, 5.74) is 1.90. The van der Waals surface area contributed by atoms with Gasteiger partial charge < -0.3 is 11.2 Å². The van der Waals surface area contributed by atoms with E-state index in [4.69, 9.17) is 5.84 Å². The Morgan fingerprint density at radius 1 is 1.38 bits per heavy atom. The number of nitrogens with zero attached hydrogens (tertiary/aromatic N) is 3. The van der Waals surface area contributed by atoms with Crippen LogP contribution in [0.5, 0.6) is 0 Å². The van der Waals surface area contributed by atoms with Gasteiger partial charge in [0.15, 0.2) is 15.7 Å². The van der Waals surface area contributed by atoms with Crippen LogP contribution >= 0.6 is 11.8 Å². The highest BCUT2D eigenvalue weighted by Gasteiger charge is 2.30. The Morgan fingerprint density at radius 3 is 2.77 bits per heavy atom. The molecule has 3 N–H and O–H groups in total. The fraction of sp³-hybridized carbons (Fsp3) is 0.438. The second kappa shape index (κ2) is 7.28. The van der Waals surface area contributed by atoms with Gasteiger partial charge in [0.2, 0.25) is 11.1 Å². The normalized spacial score (nSPS) is 20.0. The number of aryl methyl sites for hydroxylation is 1. The molecule has 8 nitrogen and oxygen atoms in total. The molecule has 1 aromatic carbocycles. The van der Waals surface area contributed by atoms with E-state index in [1.807, 2.05) is 31.2 Å². The van der Waals surface area contributed by atoms with E-state index in [1.165, 1.54) is 16.4 Å². The van der Waals surface area contributed by atoms with Crippen LogP contribution in [0.25, 0.3) is 11.4 Å². The molecule has 0 bridgehead atoms. The van der Waals surface area contributed by atoms with Gasteiger partial charge in [-0.05, 0) is 25.8 Å². The van der Waals surface area contributed by atoms with Crippen molar-refractivity contribution < 1.29 is 13.2 Å². The second-order valence-corrected chi connectivity index (χ2v) is 9.90. The lowest BCUT2D eigenvalue weighted by Crippen LogP contribution is -2.40. The number of aromatic nitrogens is 3. The number of rotatable bonds is 5. The molecule has 2 heterocycles. The van der Waals surface area contributed by atoms with Crippen molar-refractivity contribution in [1.29, 1.82) is 0 Å². The summed E-state index contributed by atoms with van der Waals surface area (Å²) in [4.78, 5) is 12.3. The van der Waals surface area contributed by atoms with Crippen molar-refractivity contribution in [3.8, 4) is 11.4 Å². The summed E-state index contributed by atoms with van der Waals surface area (Å²) in [5.74, 6) is 6.52. The molecule has 1 aromatic heterocycles. The highest BCUT2D eigenvalue weighted by atomic mass is 32.2. The van der Waals surface area contributed by atoms with E-state index >= 15 is 0 Å². The largest absolute Gasteiger partial charge is 0.351 e. The first-order valence-electron chi connectivity index (χ1n) is 8.21. The van der Waals surface area contributed by atoms with Gasteiger partial charge >= 0.3 is 0 Å². The third kappa shape index (κ3) is 4.01. The maximum atomic E-state index is 12.3. The number of nitrogen functional groups attached to an aromatic ring is 1. The lowest BCUT2D eigenvalue weighted by molar-refractivity contribution is -0.120. The molecule has 1 aliphatic rings. The molecule has 140 valence electrons. The number of hydrogen-bond acceptors (Lipinski definition) is 7. The lowest BCUT2D eigenvalue weighted by atomic mass is 10.1. The van der Waals surface area contributed by atoms with Crippen LogP contribution in [0.2, 0.25) is 0 Å². The second-order valence-electron chi connectivity index (χ2n) is 6.36. The van der Waals surface area contributed by atoms with Gasteiger partial charge in [-0.25, -0.2) is 13.1 Å². The smallest absolute Gasteiger partial charge is 0.233 e. The van der Waals surface area contributed by atoms with Crippen molar-refractivity contribution in [2.45, 2.75) is 36.7 Å². The third-order valence-corrected chi connectivity index (χ3v) is 7.11. The number of hydrogen-bond donors (Lipinski definition) is 2. The van der Waals surface area contributed by atoms with Crippen molar-refractivity contribution >= 4 is 27.5 Å². The molecular formula is C16H21N5O3S2. The number of carbonyl (C=O) groups is 1. The molecule has 0 spiro atoms. The first kappa shape index (κ1) is 18.7. The Bertz CT molecular complexity index is 926. The predicted octanol–water partition coefficient (Wildman–Crippen LogP) is 0.751. The van der Waals surface area contributed by atoms with Gasteiger partial charge in [0.1, 0.15) is 0 Å². The first-order chi connectivity index (χ1) is 12.3. The summed E-state index contributed by atoms with van der Waals surface area (Å²) in [7, 11) is -3.03. The van der Waals surface area contributed by atoms with E-state index < -0.39 is 15.1 Å². The van der Waals surface area contributed by atoms with Gasteiger partial charge in [0, 0.05) is 11.6 Å². The summed E-state index contributed by atoms with van der Waals surface area (Å²) in [6.45, 7) is 3.69. The molecule has 2 aromatic rings. The van der Waals surface area contributed by atoms with Gasteiger partial charge in [0.05, 0.1) is 16.8 Å². The molecule has 1 saturated heterocycles. The standard InChI is InChI=1S/C16H21N5O3S2/c1-10-5-3-4-6-13(10)14-19-20-16(21(14)17)25-11(2)15(22)18-12-7-8-26(23,24)9-12/h3-6,11-12H,7-9,17H2,1-2H3,(H,18,22)/t11-,12-/m1/s1. The van der Waals surface area contributed by atoms with E-state index in [1.54, 1.807) is 6.92 Å². The van der Waals surface area contributed by atoms with Crippen LogP contribution < -0.4 is 11.2 Å². The summed E-state index contributed by atoms with van der Waals surface area (Å²) in [6.07, 6.45) is 0.454. The highest BCUT2D eigenvalue weighted by molar-refractivity contribution is 8.00. The van der Waals surface area contributed by atoms with Crippen LogP contribution in [0.1, 0.15) is 18.9 Å². The molecule has 2 atom stereocenters. The highest BCUT2D eigenvalue weighted by Crippen LogP contribution is 2.26. The molecule has 0 unspecified atom stereocenters. The number of benzene rings is 1. The zero-order valence-corrected chi connectivity index (χ0v) is 16.2. The molecule has 1 fully saturated rings. The van der Waals surface area contributed by atoms with Crippen LogP contribution in [0.4, 0.5) is 0 Å². The summed E-state index contributed by atoms with van der Waals surface area (Å²) < 4.78 is 24.4. The minimum Gasteiger partial charge on any atom is -0.351 e. The minimum absolute atomic E-state index is 0.000625. The Labute approximate surface area is 156 Å². The fourth-order valence-electron chi connectivity index (χ4n) is 2.80. The summed E-state index contributed by atoms with van der Waals surface area (Å²) >= 11 is 1.19. The number of nitrogens with one attached hydrogen (secondary N) is 1. The summed E-state index contributed by atoms with van der Waals surface area (Å²) in [5, 5.41) is 11.0. The first-order valence-corrected chi connectivity index (χ1v) is 10.9. The Kier molecular flexibility index (Phi) is 5.24. The average molecular weight is 396 g/mol. The molecule has 10 heteroatoms. The van der Waals surface area contributed by atoms with Crippen molar-refractivity contribution in [2.24, 2.45) is 0 Å².